The summed E-state index contributed by atoms with van der Waals surface area (Å²) >= 11 is 0. The van der Waals surface area contributed by atoms with E-state index in [9.17, 15) is 9.90 Å². The molecule has 30 heavy (non-hydrogen) atoms. The number of aromatic nitrogens is 1. The molecule has 0 radical (unpaired) electrons. The van der Waals surface area contributed by atoms with Crippen LogP contribution in [0.2, 0.25) is 0 Å². The number of pyridine rings is 1. The Balaban J connectivity index is 1.57. The number of ether oxygens (including phenoxy) is 2. The normalized spacial score (nSPS) is 23.0. The van der Waals surface area contributed by atoms with Gasteiger partial charge in [0.1, 0.15) is 11.8 Å². The monoisotopic (exact) mass is 409 g/mol. The first-order valence-corrected chi connectivity index (χ1v) is 10.4. The lowest BCUT2D eigenvalue weighted by atomic mass is 10.00. The van der Waals surface area contributed by atoms with E-state index in [-0.39, 0.29) is 5.54 Å². The molecule has 0 amide bonds. The van der Waals surface area contributed by atoms with Crippen LogP contribution in [0.15, 0.2) is 30.5 Å². The van der Waals surface area contributed by atoms with E-state index in [1.807, 2.05) is 33.0 Å². The molecule has 0 bridgehead atoms. The molecule has 1 aromatic carbocycles. The SMILES string of the molecule is CCOC(=O)c1cnc2c(c1)OC(C)(C)CN2c1ccc2c(c1)C1(CC1)N(C)C2O. The van der Waals surface area contributed by atoms with Crippen molar-refractivity contribution in [2.24, 2.45) is 0 Å². The zero-order valence-corrected chi connectivity index (χ0v) is 17.8. The fraction of sp³-hybridized carbons (Fsp3) is 0.478. The average Bonchev–Trinajstić information content (AvgIpc) is 3.49. The van der Waals surface area contributed by atoms with Gasteiger partial charge in [-0.05, 0) is 58.4 Å². The molecule has 2 aromatic rings. The Hall–Kier alpha value is -2.64. The number of aliphatic hydroxyl groups is 1. The molecule has 1 saturated carbocycles. The van der Waals surface area contributed by atoms with E-state index in [1.165, 1.54) is 5.56 Å². The van der Waals surface area contributed by atoms with Gasteiger partial charge in [-0.15, -0.1) is 0 Å². The Morgan fingerprint density at radius 1 is 1.33 bits per heavy atom. The molecule has 1 aliphatic carbocycles. The molecule has 3 aliphatic rings. The van der Waals surface area contributed by atoms with Gasteiger partial charge in [0.15, 0.2) is 11.6 Å². The Morgan fingerprint density at radius 2 is 2.10 bits per heavy atom. The van der Waals surface area contributed by atoms with Crippen molar-refractivity contribution < 1.29 is 19.4 Å². The van der Waals surface area contributed by atoms with E-state index in [0.717, 1.165) is 24.1 Å². The summed E-state index contributed by atoms with van der Waals surface area (Å²) in [6.45, 7) is 6.75. The molecule has 5 rings (SSSR count). The van der Waals surface area contributed by atoms with Crippen molar-refractivity contribution in [1.82, 2.24) is 9.88 Å². The van der Waals surface area contributed by atoms with E-state index < -0.39 is 17.8 Å². The largest absolute Gasteiger partial charge is 0.482 e. The number of aliphatic hydroxyl groups excluding tert-OH is 1. The maximum atomic E-state index is 12.2. The van der Waals surface area contributed by atoms with Crippen LogP contribution in [0.5, 0.6) is 5.75 Å². The lowest BCUT2D eigenvalue weighted by Gasteiger charge is -2.40. The van der Waals surface area contributed by atoms with Gasteiger partial charge in [-0.3, -0.25) is 4.90 Å². The van der Waals surface area contributed by atoms with E-state index in [2.05, 4.69) is 20.9 Å². The van der Waals surface area contributed by atoms with Gasteiger partial charge in [-0.1, -0.05) is 6.07 Å². The predicted octanol–water partition coefficient (Wildman–Crippen LogP) is 3.49. The summed E-state index contributed by atoms with van der Waals surface area (Å²) in [5.41, 5.74) is 3.06. The second-order valence-electron chi connectivity index (χ2n) is 9.00. The van der Waals surface area contributed by atoms with Crippen molar-refractivity contribution in [3.63, 3.8) is 0 Å². The second-order valence-corrected chi connectivity index (χ2v) is 9.00. The smallest absolute Gasteiger partial charge is 0.339 e. The number of rotatable bonds is 3. The number of carbonyl (C=O) groups is 1. The summed E-state index contributed by atoms with van der Waals surface area (Å²) in [5, 5.41) is 10.6. The highest BCUT2D eigenvalue weighted by Gasteiger charge is 2.56. The third-order valence-electron chi connectivity index (χ3n) is 6.42. The molecule has 158 valence electrons. The van der Waals surface area contributed by atoms with Crippen LogP contribution in [0.3, 0.4) is 0 Å². The van der Waals surface area contributed by atoms with Gasteiger partial charge in [0.05, 0.1) is 18.7 Å². The van der Waals surface area contributed by atoms with E-state index in [4.69, 9.17) is 9.47 Å². The van der Waals surface area contributed by atoms with Crippen LogP contribution in [0, 0.1) is 0 Å². The number of anilines is 2. The third-order valence-corrected chi connectivity index (χ3v) is 6.42. The number of carbonyl (C=O) groups excluding carboxylic acids is 1. The quantitative estimate of drug-likeness (QED) is 0.778. The molecule has 3 heterocycles. The maximum Gasteiger partial charge on any atom is 0.339 e. The van der Waals surface area contributed by atoms with Gasteiger partial charge in [0.25, 0.3) is 0 Å². The molecule has 1 fully saturated rings. The van der Waals surface area contributed by atoms with Crippen molar-refractivity contribution in [2.75, 3.05) is 25.1 Å². The van der Waals surface area contributed by atoms with Gasteiger partial charge < -0.3 is 19.5 Å². The van der Waals surface area contributed by atoms with Crippen LogP contribution in [0.1, 0.15) is 61.3 Å². The van der Waals surface area contributed by atoms with Gasteiger partial charge in [0, 0.05) is 29.1 Å². The molecule has 1 spiro atoms. The van der Waals surface area contributed by atoms with Gasteiger partial charge in [-0.25, -0.2) is 9.78 Å². The highest BCUT2D eigenvalue weighted by Crippen LogP contribution is 2.59. The second kappa shape index (κ2) is 6.43. The van der Waals surface area contributed by atoms with Crippen molar-refractivity contribution in [2.45, 2.75) is 51.0 Å². The fourth-order valence-corrected chi connectivity index (χ4v) is 4.75. The molecular weight excluding hydrogens is 382 g/mol. The van der Waals surface area contributed by atoms with Crippen molar-refractivity contribution in [1.29, 1.82) is 0 Å². The molecule has 1 atom stereocenters. The van der Waals surface area contributed by atoms with Crippen molar-refractivity contribution in [3.05, 3.63) is 47.2 Å². The number of fused-ring (bicyclic) bond motifs is 3. The van der Waals surface area contributed by atoms with E-state index in [1.54, 1.807) is 19.2 Å². The molecule has 0 saturated heterocycles. The summed E-state index contributed by atoms with van der Waals surface area (Å²) in [5.74, 6) is 0.839. The lowest BCUT2D eigenvalue weighted by molar-refractivity contribution is 0.00378. The first-order valence-electron chi connectivity index (χ1n) is 10.4. The van der Waals surface area contributed by atoms with Gasteiger partial charge in [-0.2, -0.15) is 0 Å². The summed E-state index contributed by atoms with van der Waals surface area (Å²) in [6.07, 6.45) is 3.10. The average molecular weight is 409 g/mol. The minimum atomic E-state index is -0.560. The van der Waals surface area contributed by atoms with Crippen LogP contribution in [-0.2, 0) is 10.3 Å². The minimum absolute atomic E-state index is 0.0450. The summed E-state index contributed by atoms with van der Waals surface area (Å²) in [7, 11) is 1.99. The van der Waals surface area contributed by atoms with Crippen molar-refractivity contribution in [3.8, 4) is 5.75 Å². The summed E-state index contributed by atoms with van der Waals surface area (Å²) < 4.78 is 11.3. The number of benzene rings is 1. The first-order chi connectivity index (χ1) is 14.3. The summed E-state index contributed by atoms with van der Waals surface area (Å²) in [4.78, 5) is 20.9. The fourth-order valence-electron chi connectivity index (χ4n) is 4.75. The highest BCUT2D eigenvalue weighted by atomic mass is 16.5. The minimum Gasteiger partial charge on any atom is -0.482 e. The molecule has 7 heteroatoms. The van der Waals surface area contributed by atoms with Crippen LogP contribution >= 0.6 is 0 Å². The Morgan fingerprint density at radius 3 is 2.80 bits per heavy atom. The molecule has 7 nitrogen and oxygen atoms in total. The van der Waals surface area contributed by atoms with Crippen LogP contribution < -0.4 is 9.64 Å². The Kier molecular flexibility index (Phi) is 4.14. The Bertz CT molecular complexity index is 1030. The number of hydrogen-bond donors (Lipinski definition) is 1. The number of hydrogen-bond acceptors (Lipinski definition) is 7. The molecule has 1 aromatic heterocycles. The summed E-state index contributed by atoms with van der Waals surface area (Å²) in [6, 6.07) is 7.94. The maximum absolute atomic E-state index is 12.2. The molecular formula is C23H27N3O4. The molecule has 1 unspecified atom stereocenters. The standard InChI is InChI=1S/C23H27N3O4/c1-5-29-21(28)14-10-18-19(24-12-14)26(13-22(2,3)30-18)15-6-7-16-17(11-15)23(8-9-23)25(4)20(16)27/h6-7,10-12,20,27H,5,8-9,13H2,1-4H3. The van der Waals surface area contributed by atoms with E-state index >= 15 is 0 Å². The lowest BCUT2D eigenvalue weighted by Crippen LogP contribution is -2.45. The van der Waals surface area contributed by atoms with Crippen LogP contribution in [-0.4, -0.2) is 46.8 Å². The van der Waals surface area contributed by atoms with Crippen LogP contribution in [0.25, 0.3) is 0 Å². The molecule has 1 N–H and O–H groups in total. The zero-order valence-electron chi connectivity index (χ0n) is 17.8. The highest BCUT2D eigenvalue weighted by molar-refractivity contribution is 5.90. The zero-order chi connectivity index (χ0) is 21.3. The first kappa shape index (κ1) is 19.3. The topological polar surface area (TPSA) is 75.1 Å². The van der Waals surface area contributed by atoms with Gasteiger partial charge in [0.2, 0.25) is 0 Å². The van der Waals surface area contributed by atoms with Crippen molar-refractivity contribution >= 4 is 17.5 Å². The van der Waals surface area contributed by atoms with Gasteiger partial charge >= 0.3 is 5.97 Å². The third kappa shape index (κ3) is 2.80. The predicted molar refractivity (Wildman–Crippen MR) is 112 cm³/mol. The number of nitrogens with zero attached hydrogens (tertiary/aromatic N) is 3. The molecule has 2 aliphatic heterocycles. The van der Waals surface area contributed by atoms with Crippen LogP contribution in [0.4, 0.5) is 11.5 Å². The number of esters is 1. The Labute approximate surface area is 176 Å². The van der Waals surface area contributed by atoms with E-state index in [0.29, 0.717) is 30.3 Å².